The molecule has 7 heteroatoms. The highest BCUT2D eigenvalue weighted by molar-refractivity contribution is 5.75. The molecule has 1 aromatic heterocycles. The number of hydrogen-bond donors (Lipinski definition) is 1. The molecule has 1 N–H and O–H groups in total. The summed E-state index contributed by atoms with van der Waals surface area (Å²) in [5.41, 5.74) is 1.18. The van der Waals surface area contributed by atoms with Crippen LogP contribution in [0.25, 0.3) is 11.0 Å². The second kappa shape index (κ2) is 5.53. The molecule has 0 bridgehead atoms. The SMILES string of the molecule is CC(C)(C)C12CCN(c3cnc4cc(F)ccc4n3)C[C@H]1N(C(=O)O)C2. The van der Waals surface area contributed by atoms with Gasteiger partial charge in [0.25, 0.3) is 0 Å². The van der Waals surface area contributed by atoms with Crippen LogP contribution in [0.1, 0.15) is 27.2 Å². The molecule has 2 fully saturated rings. The van der Waals surface area contributed by atoms with Gasteiger partial charge in [-0.2, -0.15) is 0 Å². The number of halogens is 1. The second-order valence-electron chi connectivity index (χ2n) is 8.39. The van der Waals surface area contributed by atoms with Crippen molar-refractivity contribution < 1.29 is 14.3 Å². The van der Waals surface area contributed by atoms with Crippen molar-refractivity contribution in [3.8, 4) is 0 Å². The number of benzene rings is 1. The smallest absolute Gasteiger partial charge is 0.407 e. The zero-order chi connectivity index (χ0) is 18.7. The quantitative estimate of drug-likeness (QED) is 0.846. The van der Waals surface area contributed by atoms with E-state index in [1.165, 1.54) is 12.1 Å². The minimum Gasteiger partial charge on any atom is -0.465 e. The van der Waals surface area contributed by atoms with E-state index in [-0.39, 0.29) is 22.7 Å². The first-order chi connectivity index (χ1) is 12.2. The molecule has 1 aromatic carbocycles. The Labute approximate surface area is 151 Å². The zero-order valence-corrected chi connectivity index (χ0v) is 15.2. The number of likely N-dealkylation sites (tertiary alicyclic amines) is 1. The van der Waals surface area contributed by atoms with Crippen LogP contribution in [0.15, 0.2) is 24.4 Å². The summed E-state index contributed by atoms with van der Waals surface area (Å²) in [4.78, 5) is 24.2. The summed E-state index contributed by atoms with van der Waals surface area (Å²) in [6.07, 6.45) is 1.70. The Hall–Kier alpha value is -2.44. The predicted octanol–water partition coefficient (Wildman–Crippen LogP) is 3.37. The molecule has 138 valence electrons. The lowest BCUT2D eigenvalue weighted by Crippen LogP contribution is -2.76. The molecule has 0 saturated carbocycles. The van der Waals surface area contributed by atoms with Crippen molar-refractivity contribution in [1.82, 2.24) is 14.9 Å². The Bertz CT molecular complexity index is 881. The number of rotatable bonds is 1. The summed E-state index contributed by atoms with van der Waals surface area (Å²) >= 11 is 0. The molecule has 4 rings (SSSR count). The second-order valence-corrected chi connectivity index (χ2v) is 8.39. The Morgan fingerprint density at radius 1 is 1.35 bits per heavy atom. The first kappa shape index (κ1) is 17.0. The van der Waals surface area contributed by atoms with Crippen LogP contribution in [0.4, 0.5) is 15.0 Å². The van der Waals surface area contributed by atoms with Crippen LogP contribution in [0, 0.1) is 16.6 Å². The molecule has 2 saturated heterocycles. The van der Waals surface area contributed by atoms with Crippen LogP contribution in [0.5, 0.6) is 0 Å². The normalized spacial score (nSPS) is 25.8. The number of aromatic nitrogens is 2. The average molecular weight is 358 g/mol. The lowest BCUT2D eigenvalue weighted by atomic mass is 9.54. The van der Waals surface area contributed by atoms with Crippen molar-refractivity contribution in [3.63, 3.8) is 0 Å². The van der Waals surface area contributed by atoms with Crippen LogP contribution >= 0.6 is 0 Å². The average Bonchev–Trinajstić information content (AvgIpc) is 2.54. The van der Waals surface area contributed by atoms with Crippen molar-refractivity contribution in [2.24, 2.45) is 10.8 Å². The minimum atomic E-state index is -0.864. The van der Waals surface area contributed by atoms with Crippen molar-refractivity contribution in [3.05, 3.63) is 30.2 Å². The summed E-state index contributed by atoms with van der Waals surface area (Å²) in [5, 5.41) is 9.52. The number of anilines is 1. The number of nitrogens with zero attached hydrogens (tertiary/aromatic N) is 4. The molecule has 0 radical (unpaired) electrons. The van der Waals surface area contributed by atoms with E-state index < -0.39 is 6.09 Å². The van der Waals surface area contributed by atoms with Gasteiger partial charge in [0, 0.05) is 31.1 Å². The van der Waals surface area contributed by atoms with Gasteiger partial charge in [-0.15, -0.1) is 0 Å². The number of hydrogen-bond acceptors (Lipinski definition) is 4. The maximum atomic E-state index is 13.3. The van der Waals surface area contributed by atoms with E-state index in [0.717, 1.165) is 13.0 Å². The van der Waals surface area contributed by atoms with Crippen LogP contribution in [-0.2, 0) is 0 Å². The molecule has 2 aliphatic rings. The number of carbonyl (C=O) groups is 1. The van der Waals surface area contributed by atoms with Gasteiger partial charge in [-0.05, 0) is 24.0 Å². The molecule has 6 nitrogen and oxygen atoms in total. The van der Waals surface area contributed by atoms with Gasteiger partial charge in [-0.25, -0.2) is 14.2 Å². The molecule has 2 atom stereocenters. The maximum absolute atomic E-state index is 13.3. The molecular formula is C19H23FN4O2. The third kappa shape index (κ3) is 2.40. The standard InChI is InChI=1S/C19H23FN4O2/c1-18(2,3)19-6-7-23(10-15(19)24(11-19)17(25)26)16-9-21-14-8-12(20)4-5-13(14)22-16/h4-5,8-9,15H,6-7,10-11H2,1-3H3,(H,25,26)/t15-,19?/m1/s1. The number of piperidine rings is 1. The highest BCUT2D eigenvalue weighted by atomic mass is 19.1. The van der Waals surface area contributed by atoms with Crippen molar-refractivity contribution >= 4 is 22.9 Å². The highest BCUT2D eigenvalue weighted by Gasteiger charge is 2.62. The van der Waals surface area contributed by atoms with Gasteiger partial charge in [0.15, 0.2) is 0 Å². The van der Waals surface area contributed by atoms with E-state index >= 15 is 0 Å². The molecule has 3 heterocycles. The molecule has 2 aromatic rings. The molecular weight excluding hydrogens is 335 g/mol. The molecule has 1 unspecified atom stereocenters. The predicted molar refractivity (Wildman–Crippen MR) is 96.7 cm³/mol. The fraction of sp³-hybridized carbons (Fsp3) is 0.526. The van der Waals surface area contributed by atoms with E-state index in [0.29, 0.717) is 29.9 Å². The van der Waals surface area contributed by atoms with Crippen LogP contribution in [-0.4, -0.2) is 51.7 Å². The van der Waals surface area contributed by atoms with E-state index in [1.807, 2.05) is 0 Å². The lowest BCUT2D eigenvalue weighted by molar-refractivity contribution is -0.134. The molecule has 26 heavy (non-hydrogen) atoms. The van der Waals surface area contributed by atoms with Gasteiger partial charge >= 0.3 is 6.09 Å². The summed E-state index contributed by atoms with van der Waals surface area (Å²) in [5.74, 6) is 0.378. The summed E-state index contributed by atoms with van der Waals surface area (Å²) in [6, 6.07) is 4.31. The minimum absolute atomic E-state index is 0.00467. The zero-order valence-electron chi connectivity index (χ0n) is 15.2. The molecule has 1 amide bonds. The third-order valence-corrected chi connectivity index (χ3v) is 6.24. The summed E-state index contributed by atoms with van der Waals surface area (Å²) < 4.78 is 13.3. The molecule has 0 spiro atoms. The van der Waals surface area contributed by atoms with Crippen molar-refractivity contribution in [1.29, 1.82) is 0 Å². The van der Waals surface area contributed by atoms with Crippen molar-refractivity contribution in [2.45, 2.75) is 33.2 Å². The first-order valence-electron chi connectivity index (χ1n) is 8.88. The Morgan fingerprint density at radius 2 is 2.12 bits per heavy atom. The van der Waals surface area contributed by atoms with Gasteiger partial charge in [-0.3, -0.25) is 4.98 Å². The van der Waals surface area contributed by atoms with Crippen molar-refractivity contribution in [2.75, 3.05) is 24.5 Å². The van der Waals surface area contributed by atoms with Gasteiger partial charge in [-0.1, -0.05) is 20.8 Å². The highest BCUT2D eigenvalue weighted by Crippen LogP contribution is 2.55. The van der Waals surface area contributed by atoms with E-state index in [1.54, 1.807) is 17.2 Å². The number of carboxylic acid groups (broad SMARTS) is 1. The van der Waals surface area contributed by atoms with Gasteiger partial charge in [0.2, 0.25) is 0 Å². The van der Waals surface area contributed by atoms with E-state index in [2.05, 4.69) is 35.6 Å². The molecule has 2 aliphatic heterocycles. The topological polar surface area (TPSA) is 69.6 Å². The Balaban J connectivity index is 1.64. The fourth-order valence-corrected chi connectivity index (χ4v) is 4.51. The monoisotopic (exact) mass is 358 g/mol. The Kier molecular flexibility index (Phi) is 3.61. The lowest BCUT2D eigenvalue weighted by Gasteiger charge is -2.66. The number of fused-ring (bicyclic) bond motifs is 2. The first-order valence-corrected chi connectivity index (χ1v) is 8.88. The third-order valence-electron chi connectivity index (χ3n) is 6.24. The van der Waals surface area contributed by atoms with Gasteiger partial charge < -0.3 is 14.9 Å². The summed E-state index contributed by atoms with van der Waals surface area (Å²) in [6.45, 7) is 8.58. The van der Waals surface area contributed by atoms with Gasteiger partial charge in [0.05, 0.1) is 23.3 Å². The van der Waals surface area contributed by atoms with Crippen LogP contribution in [0.3, 0.4) is 0 Å². The maximum Gasteiger partial charge on any atom is 0.407 e. The largest absolute Gasteiger partial charge is 0.465 e. The Morgan fingerprint density at radius 3 is 2.81 bits per heavy atom. The van der Waals surface area contributed by atoms with E-state index in [9.17, 15) is 14.3 Å². The summed E-state index contributed by atoms with van der Waals surface area (Å²) in [7, 11) is 0. The molecule has 0 aliphatic carbocycles. The van der Waals surface area contributed by atoms with Crippen LogP contribution < -0.4 is 4.90 Å². The van der Waals surface area contributed by atoms with Crippen LogP contribution in [0.2, 0.25) is 0 Å². The number of amides is 1. The van der Waals surface area contributed by atoms with Gasteiger partial charge in [0.1, 0.15) is 11.6 Å². The van der Waals surface area contributed by atoms with E-state index in [4.69, 9.17) is 0 Å². The fourth-order valence-electron chi connectivity index (χ4n) is 4.51.